The van der Waals surface area contributed by atoms with E-state index >= 15 is 0 Å². The van der Waals surface area contributed by atoms with Crippen molar-refractivity contribution >= 4 is 11.7 Å². The molecule has 4 rings (SSSR count). The third kappa shape index (κ3) is 3.97. The Morgan fingerprint density at radius 3 is 2.59 bits per heavy atom. The first-order valence-corrected chi connectivity index (χ1v) is 9.82. The summed E-state index contributed by atoms with van der Waals surface area (Å²) in [5, 5.41) is 0. The van der Waals surface area contributed by atoms with Crippen LogP contribution in [0.15, 0.2) is 48.8 Å². The number of rotatable bonds is 4. The molecule has 3 aromatic rings. The van der Waals surface area contributed by atoms with E-state index in [0.717, 1.165) is 40.2 Å². The van der Waals surface area contributed by atoms with Gasteiger partial charge in [0, 0.05) is 44.2 Å². The van der Waals surface area contributed by atoms with Gasteiger partial charge < -0.3 is 9.80 Å². The quantitative estimate of drug-likeness (QED) is 0.689. The number of anilines is 1. The summed E-state index contributed by atoms with van der Waals surface area (Å²) >= 11 is 0. The lowest BCUT2D eigenvalue weighted by Crippen LogP contribution is -2.38. The summed E-state index contributed by atoms with van der Waals surface area (Å²) in [5.41, 5.74) is 5.22. The van der Waals surface area contributed by atoms with Gasteiger partial charge in [0.15, 0.2) is 5.82 Å². The first-order chi connectivity index (χ1) is 14.0. The fourth-order valence-electron chi connectivity index (χ4n) is 3.71. The van der Waals surface area contributed by atoms with Crippen LogP contribution in [-0.2, 0) is 24.2 Å². The van der Waals surface area contributed by atoms with E-state index < -0.39 is 0 Å². The third-order valence-corrected chi connectivity index (χ3v) is 5.36. The molecule has 6 nitrogen and oxygen atoms in total. The first-order valence-electron chi connectivity index (χ1n) is 9.82. The van der Waals surface area contributed by atoms with Gasteiger partial charge in [-0.3, -0.25) is 9.78 Å². The minimum absolute atomic E-state index is 0.139. The molecule has 0 fully saturated rings. The summed E-state index contributed by atoms with van der Waals surface area (Å²) in [6, 6.07) is 11.9. The zero-order valence-electron chi connectivity index (χ0n) is 17.1. The minimum atomic E-state index is 0.139. The van der Waals surface area contributed by atoms with Gasteiger partial charge in [0.05, 0.1) is 18.7 Å². The number of hydrogen-bond donors (Lipinski definition) is 0. The van der Waals surface area contributed by atoms with E-state index in [2.05, 4.69) is 4.98 Å². The van der Waals surface area contributed by atoms with Gasteiger partial charge in [0.25, 0.3) is 0 Å². The van der Waals surface area contributed by atoms with Gasteiger partial charge >= 0.3 is 0 Å². The molecule has 0 spiro atoms. The van der Waals surface area contributed by atoms with Crippen LogP contribution in [0.4, 0.5) is 5.82 Å². The number of amides is 1. The van der Waals surface area contributed by atoms with E-state index in [0.29, 0.717) is 25.3 Å². The molecule has 1 aromatic carbocycles. The Kier molecular flexibility index (Phi) is 5.25. The van der Waals surface area contributed by atoms with Crippen molar-refractivity contribution in [2.75, 3.05) is 25.5 Å². The highest BCUT2D eigenvalue weighted by Gasteiger charge is 2.26. The van der Waals surface area contributed by atoms with Crippen molar-refractivity contribution < 1.29 is 4.79 Å². The second-order valence-corrected chi connectivity index (χ2v) is 7.59. The number of aryl methyl sites for hydroxylation is 1. The molecule has 2 aromatic heterocycles. The van der Waals surface area contributed by atoms with E-state index in [1.807, 2.05) is 67.2 Å². The Balaban J connectivity index is 1.63. The summed E-state index contributed by atoms with van der Waals surface area (Å²) in [6.07, 6.45) is 4.67. The number of aromatic nitrogens is 3. The number of hydrogen-bond acceptors (Lipinski definition) is 5. The number of benzene rings is 1. The van der Waals surface area contributed by atoms with Crippen molar-refractivity contribution in [2.24, 2.45) is 0 Å². The summed E-state index contributed by atoms with van der Waals surface area (Å²) in [5.74, 6) is 1.73. The Morgan fingerprint density at radius 2 is 1.86 bits per heavy atom. The predicted octanol–water partition coefficient (Wildman–Crippen LogP) is 3.04. The predicted molar refractivity (Wildman–Crippen MR) is 114 cm³/mol. The maximum absolute atomic E-state index is 13.0. The molecule has 0 unspecified atom stereocenters. The first kappa shape index (κ1) is 19.1. The molecule has 3 heterocycles. The molecule has 0 N–H and O–H groups in total. The van der Waals surface area contributed by atoms with Crippen LogP contribution in [0.1, 0.15) is 22.4 Å². The number of carbonyl (C=O) groups is 1. The maximum Gasteiger partial charge on any atom is 0.227 e. The van der Waals surface area contributed by atoms with Crippen LogP contribution in [0.5, 0.6) is 0 Å². The molecule has 1 amide bonds. The van der Waals surface area contributed by atoms with Gasteiger partial charge in [-0.15, -0.1) is 0 Å². The summed E-state index contributed by atoms with van der Waals surface area (Å²) in [6.45, 7) is 3.25. The average Bonchev–Trinajstić information content (AvgIpc) is 2.74. The van der Waals surface area contributed by atoms with Crippen molar-refractivity contribution in [3.63, 3.8) is 0 Å². The Hall–Kier alpha value is -3.28. The number of fused-ring (bicyclic) bond motifs is 1. The zero-order valence-corrected chi connectivity index (χ0v) is 17.1. The van der Waals surface area contributed by atoms with Gasteiger partial charge in [0.2, 0.25) is 5.91 Å². The van der Waals surface area contributed by atoms with Crippen LogP contribution in [-0.4, -0.2) is 46.4 Å². The van der Waals surface area contributed by atoms with Crippen LogP contribution in [0, 0.1) is 6.92 Å². The molecule has 0 saturated heterocycles. The molecule has 0 saturated carbocycles. The molecule has 0 aliphatic carbocycles. The molecule has 148 valence electrons. The SMILES string of the molecule is Cc1ccccc1CC(=O)N1CCc2c(nc(-c3ccncc3)nc2N(C)C)C1. The van der Waals surface area contributed by atoms with E-state index in [4.69, 9.17) is 9.97 Å². The molecule has 0 radical (unpaired) electrons. The fraction of sp³-hybridized carbons (Fsp3) is 0.304. The summed E-state index contributed by atoms with van der Waals surface area (Å²) in [7, 11) is 3.99. The summed E-state index contributed by atoms with van der Waals surface area (Å²) < 4.78 is 0. The van der Waals surface area contributed by atoms with Crippen LogP contribution in [0.25, 0.3) is 11.4 Å². The lowest BCUT2D eigenvalue weighted by Gasteiger charge is -2.31. The van der Waals surface area contributed by atoms with Crippen LogP contribution >= 0.6 is 0 Å². The van der Waals surface area contributed by atoms with Crippen molar-refractivity contribution in [1.82, 2.24) is 19.9 Å². The highest BCUT2D eigenvalue weighted by atomic mass is 16.2. The molecule has 29 heavy (non-hydrogen) atoms. The highest BCUT2D eigenvalue weighted by Crippen LogP contribution is 2.28. The van der Waals surface area contributed by atoms with Crippen LogP contribution in [0.2, 0.25) is 0 Å². The van der Waals surface area contributed by atoms with Gasteiger partial charge in [-0.05, 0) is 36.6 Å². The topological polar surface area (TPSA) is 62.2 Å². The van der Waals surface area contributed by atoms with Crippen molar-refractivity contribution in [3.8, 4) is 11.4 Å². The average molecular weight is 387 g/mol. The third-order valence-electron chi connectivity index (χ3n) is 5.36. The van der Waals surface area contributed by atoms with Crippen molar-refractivity contribution in [1.29, 1.82) is 0 Å². The monoisotopic (exact) mass is 387 g/mol. The number of carbonyl (C=O) groups excluding carboxylic acids is 1. The van der Waals surface area contributed by atoms with E-state index in [1.165, 1.54) is 0 Å². The normalized spacial score (nSPS) is 13.1. The molecular weight excluding hydrogens is 362 g/mol. The summed E-state index contributed by atoms with van der Waals surface area (Å²) in [4.78, 5) is 30.6. The highest BCUT2D eigenvalue weighted by molar-refractivity contribution is 5.79. The van der Waals surface area contributed by atoms with Gasteiger partial charge in [-0.25, -0.2) is 9.97 Å². The van der Waals surface area contributed by atoms with Crippen molar-refractivity contribution in [2.45, 2.75) is 26.3 Å². The smallest absolute Gasteiger partial charge is 0.227 e. The molecule has 1 aliphatic rings. The van der Waals surface area contributed by atoms with Crippen molar-refractivity contribution in [3.05, 3.63) is 71.2 Å². The Labute approximate surface area is 171 Å². The van der Waals surface area contributed by atoms with Crippen LogP contribution < -0.4 is 4.90 Å². The van der Waals surface area contributed by atoms with E-state index in [1.54, 1.807) is 12.4 Å². The van der Waals surface area contributed by atoms with E-state index in [-0.39, 0.29) is 5.91 Å². The lowest BCUT2D eigenvalue weighted by atomic mass is 10.0. The Morgan fingerprint density at radius 1 is 1.10 bits per heavy atom. The molecule has 0 atom stereocenters. The fourth-order valence-corrected chi connectivity index (χ4v) is 3.71. The molecular formula is C23H25N5O. The molecule has 0 bridgehead atoms. The minimum Gasteiger partial charge on any atom is -0.362 e. The second-order valence-electron chi connectivity index (χ2n) is 7.59. The van der Waals surface area contributed by atoms with Gasteiger partial charge in [0.1, 0.15) is 5.82 Å². The second kappa shape index (κ2) is 7.99. The number of pyridine rings is 1. The van der Waals surface area contributed by atoms with Gasteiger partial charge in [-0.2, -0.15) is 0 Å². The lowest BCUT2D eigenvalue weighted by molar-refractivity contribution is -0.131. The largest absolute Gasteiger partial charge is 0.362 e. The molecule has 1 aliphatic heterocycles. The van der Waals surface area contributed by atoms with Crippen LogP contribution in [0.3, 0.4) is 0 Å². The molecule has 6 heteroatoms. The maximum atomic E-state index is 13.0. The van der Waals surface area contributed by atoms with Gasteiger partial charge in [-0.1, -0.05) is 24.3 Å². The Bertz CT molecular complexity index is 1030. The number of nitrogens with zero attached hydrogens (tertiary/aromatic N) is 5. The zero-order chi connectivity index (χ0) is 20.4. The van der Waals surface area contributed by atoms with E-state index in [9.17, 15) is 4.79 Å². The standard InChI is InChI=1S/C23H25N5O/c1-16-6-4-5-7-18(16)14-21(29)28-13-10-19-20(15-28)25-22(26-23(19)27(2)3)17-8-11-24-12-9-17/h4-9,11-12H,10,13-15H2,1-3H3.